The second-order valence-corrected chi connectivity index (χ2v) is 6.00. The van der Waals surface area contributed by atoms with Gasteiger partial charge in [-0.05, 0) is 25.5 Å². The molecule has 0 aromatic heterocycles. The molecule has 3 nitrogen and oxygen atoms in total. The van der Waals surface area contributed by atoms with Gasteiger partial charge in [0, 0.05) is 11.8 Å². The van der Waals surface area contributed by atoms with Crippen molar-refractivity contribution >= 4 is 17.7 Å². The van der Waals surface area contributed by atoms with Gasteiger partial charge < -0.3 is 4.90 Å². The van der Waals surface area contributed by atoms with Gasteiger partial charge in [-0.3, -0.25) is 10.1 Å². The first-order valence-electron chi connectivity index (χ1n) is 6.81. The number of hydrogen-bond donors (Lipinski definition) is 1. The molecular formula is C13H26N2OS. The van der Waals surface area contributed by atoms with Crippen molar-refractivity contribution in [3.63, 3.8) is 0 Å². The first kappa shape index (κ1) is 14.8. The Hall–Kier alpha value is -0.220. The second-order valence-electron chi connectivity index (χ2n) is 4.69. The molecule has 1 fully saturated rings. The Morgan fingerprint density at radius 2 is 2.12 bits per heavy atom. The van der Waals surface area contributed by atoms with E-state index in [9.17, 15) is 4.79 Å². The molecule has 1 aliphatic rings. The first-order valence-corrected chi connectivity index (χ1v) is 7.97. The summed E-state index contributed by atoms with van der Waals surface area (Å²) in [5, 5.41) is 3.47. The van der Waals surface area contributed by atoms with Crippen LogP contribution in [0.5, 0.6) is 0 Å². The van der Waals surface area contributed by atoms with Gasteiger partial charge in [0.1, 0.15) is 0 Å². The molecule has 1 amide bonds. The van der Waals surface area contributed by atoms with Gasteiger partial charge in [0.25, 0.3) is 0 Å². The zero-order valence-corrected chi connectivity index (χ0v) is 12.3. The van der Waals surface area contributed by atoms with Gasteiger partial charge in [-0.2, -0.15) is 11.8 Å². The highest BCUT2D eigenvalue weighted by Gasteiger charge is 2.39. The predicted octanol–water partition coefficient (Wildman–Crippen LogP) is 2.46. The average Bonchev–Trinajstić information content (AvgIpc) is 2.63. The van der Waals surface area contributed by atoms with Gasteiger partial charge in [-0.25, -0.2) is 0 Å². The van der Waals surface area contributed by atoms with E-state index in [2.05, 4.69) is 37.9 Å². The van der Waals surface area contributed by atoms with Crippen LogP contribution >= 0.6 is 11.8 Å². The lowest BCUT2D eigenvalue weighted by molar-refractivity contribution is -0.131. The first-order chi connectivity index (χ1) is 8.15. The van der Waals surface area contributed by atoms with E-state index >= 15 is 0 Å². The van der Waals surface area contributed by atoms with Crippen LogP contribution in [-0.4, -0.2) is 40.6 Å². The lowest BCUT2D eigenvalue weighted by Gasteiger charge is -2.30. The fourth-order valence-corrected chi connectivity index (χ4v) is 3.14. The average molecular weight is 258 g/mol. The maximum absolute atomic E-state index is 12.3. The SMILES string of the molecule is CCCC1NC(CC)C(=O)N1C(C)CSCC. The maximum Gasteiger partial charge on any atom is 0.241 e. The number of rotatable bonds is 7. The Bertz CT molecular complexity index is 248. The molecule has 4 heteroatoms. The standard InChI is InChI=1S/C13H26N2OS/c1-5-8-12-14-11(6-2)13(16)15(12)10(4)9-17-7-3/h10-12,14H,5-9H2,1-4H3. The number of hydrogen-bond acceptors (Lipinski definition) is 3. The van der Waals surface area contributed by atoms with Crippen LogP contribution in [0.4, 0.5) is 0 Å². The summed E-state index contributed by atoms with van der Waals surface area (Å²) in [6, 6.07) is 0.383. The van der Waals surface area contributed by atoms with E-state index in [1.165, 1.54) is 0 Å². The number of amides is 1. The minimum Gasteiger partial charge on any atom is -0.322 e. The number of thioether (sulfide) groups is 1. The van der Waals surface area contributed by atoms with Crippen LogP contribution in [0.3, 0.4) is 0 Å². The summed E-state index contributed by atoms with van der Waals surface area (Å²) in [5.41, 5.74) is 0. The zero-order chi connectivity index (χ0) is 12.8. The predicted molar refractivity (Wildman–Crippen MR) is 75.2 cm³/mol. The van der Waals surface area contributed by atoms with Gasteiger partial charge in [0.05, 0.1) is 12.2 Å². The highest BCUT2D eigenvalue weighted by molar-refractivity contribution is 7.99. The molecule has 17 heavy (non-hydrogen) atoms. The molecule has 0 spiro atoms. The van der Waals surface area contributed by atoms with Crippen molar-refractivity contribution in [2.75, 3.05) is 11.5 Å². The van der Waals surface area contributed by atoms with Crippen molar-refractivity contribution in [2.45, 2.75) is 65.2 Å². The second kappa shape index (κ2) is 7.27. The number of nitrogens with zero attached hydrogens (tertiary/aromatic N) is 1. The lowest BCUT2D eigenvalue weighted by atomic mass is 10.2. The molecule has 1 saturated heterocycles. The Morgan fingerprint density at radius 1 is 1.41 bits per heavy atom. The molecule has 100 valence electrons. The third kappa shape index (κ3) is 3.62. The van der Waals surface area contributed by atoms with E-state index in [0.29, 0.717) is 11.9 Å². The van der Waals surface area contributed by atoms with E-state index in [1.807, 2.05) is 11.8 Å². The van der Waals surface area contributed by atoms with Crippen LogP contribution in [0.25, 0.3) is 0 Å². The van der Waals surface area contributed by atoms with Crippen LogP contribution in [0.15, 0.2) is 0 Å². The third-order valence-electron chi connectivity index (χ3n) is 3.29. The number of carbonyl (C=O) groups is 1. The molecule has 0 aromatic carbocycles. The quantitative estimate of drug-likeness (QED) is 0.761. The number of nitrogens with one attached hydrogen (secondary N) is 1. The maximum atomic E-state index is 12.3. The third-order valence-corrected chi connectivity index (χ3v) is 4.42. The van der Waals surface area contributed by atoms with Crippen molar-refractivity contribution in [3.8, 4) is 0 Å². The number of carbonyl (C=O) groups excluding carboxylic acids is 1. The van der Waals surface area contributed by atoms with Crippen molar-refractivity contribution in [1.82, 2.24) is 10.2 Å². The van der Waals surface area contributed by atoms with Gasteiger partial charge in [-0.15, -0.1) is 0 Å². The minimum atomic E-state index is 0.0422. The Kier molecular flexibility index (Phi) is 6.34. The van der Waals surface area contributed by atoms with E-state index in [-0.39, 0.29) is 12.2 Å². The van der Waals surface area contributed by atoms with Gasteiger partial charge >= 0.3 is 0 Å². The smallest absolute Gasteiger partial charge is 0.241 e. The van der Waals surface area contributed by atoms with Crippen molar-refractivity contribution in [3.05, 3.63) is 0 Å². The van der Waals surface area contributed by atoms with Crippen molar-refractivity contribution < 1.29 is 4.79 Å². The normalized spacial score (nSPS) is 26.6. The molecule has 0 radical (unpaired) electrons. The largest absolute Gasteiger partial charge is 0.322 e. The van der Waals surface area contributed by atoms with Gasteiger partial charge in [0.15, 0.2) is 0 Å². The van der Waals surface area contributed by atoms with Crippen LogP contribution in [0, 0.1) is 0 Å². The Morgan fingerprint density at radius 3 is 2.65 bits per heavy atom. The molecular weight excluding hydrogens is 232 g/mol. The molecule has 3 atom stereocenters. The molecule has 1 rings (SSSR count). The lowest BCUT2D eigenvalue weighted by Crippen LogP contribution is -2.44. The summed E-state index contributed by atoms with van der Waals surface area (Å²) in [7, 11) is 0. The molecule has 0 aliphatic carbocycles. The molecule has 0 bridgehead atoms. The van der Waals surface area contributed by atoms with E-state index in [0.717, 1.165) is 30.8 Å². The van der Waals surface area contributed by atoms with Crippen molar-refractivity contribution in [1.29, 1.82) is 0 Å². The van der Waals surface area contributed by atoms with E-state index < -0.39 is 0 Å². The highest BCUT2D eigenvalue weighted by atomic mass is 32.2. The summed E-state index contributed by atoms with van der Waals surface area (Å²) in [4.78, 5) is 14.4. The molecule has 3 unspecified atom stereocenters. The molecule has 1 N–H and O–H groups in total. The topological polar surface area (TPSA) is 32.3 Å². The van der Waals surface area contributed by atoms with Crippen LogP contribution in [0.2, 0.25) is 0 Å². The van der Waals surface area contributed by atoms with Crippen molar-refractivity contribution in [2.24, 2.45) is 0 Å². The Balaban J connectivity index is 2.66. The summed E-state index contributed by atoms with van der Waals surface area (Å²) >= 11 is 1.91. The van der Waals surface area contributed by atoms with E-state index in [1.54, 1.807) is 0 Å². The summed E-state index contributed by atoms with van der Waals surface area (Å²) in [5.74, 6) is 2.46. The van der Waals surface area contributed by atoms with Crippen LogP contribution in [0.1, 0.15) is 47.0 Å². The summed E-state index contributed by atoms with van der Waals surface area (Å²) in [6.45, 7) is 8.59. The summed E-state index contributed by atoms with van der Waals surface area (Å²) in [6.07, 6.45) is 3.32. The molecule has 0 saturated carbocycles. The molecule has 0 aromatic rings. The van der Waals surface area contributed by atoms with Crippen LogP contribution in [-0.2, 0) is 4.79 Å². The van der Waals surface area contributed by atoms with Gasteiger partial charge in [-0.1, -0.05) is 27.2 Å². The fourth-order valence-electron chi connectivity index (χ4n) is 2.40. The van der Waals surface area contributed by atoms with E-state index in [4.69, 9.17) is 0 Å². The fraction of sp³-hybridized carbons (Fsp3) is 0.923. The zero-order valence-electron chi connectivity index (χ0n) is 11.5. The monoisotopic (exact) mass is 258 g/mol. The minimum absolute atomic E-state index is 0.0422. The van der Waals surface area contributed by atoms with Crippen LogP contribution < -0.4 is 5.32 Å². The van der Waals surface area contributed by atoms with Gasteiger partial charge in [0.2, 0.25) is 5.91 Å². The Labute approximate surface area is 110 Å². The highest BCUT2D eigenvalue weighted by Crippen LogP contribution is 2.21. The summed E-state index contributed by atoms with van der Waals surface area (Å²) < 4.78 is 0. The molecule has 1 aliphatic heterocycles. The molecule has 1 heterocycles.